The van der Waals surface area contributed by atoms with Gasteiger partial charge in [-0.3, -0.25) is 9.59 Å². The molecule has 3 rings (SSSR count). The van der Waals surface area contributed by atoms with Gasteiger partial charge < -0.3 is 15.0 Å². The molecule has 1 amide bonds. The Hall–Kier alpha value is -2.70. The van der Waals surface area contributed by atoms with Gasteiger partial charge in [-0.2, -0.15) is 0 Å². The fourth-order valence-corrected chi connectivity index (χ4v) is 3.72. The minimum Gasteiger partial charge on any atom is -0.480 e. The van der Waals surface area contributed by atoms with Gasteiger partial charge in [0.15, 0.2) is 0 Å². The fraction of sp³-hybridized carbons (Fsp3) is 0.421. The molecule has 1 aromatic heterocycles. The smallest absolute Gasteiger partial charge is 0.323 e. The number of rotatable bonds is 6. The van der Waals surface area contributed by atoms with Crippen molar-refractivity contribution in [2.75, 3.05) is 6.54 Å². The highest BCUT2D eigenvalue weighted by Gasteiger charge is 2.68. The Morgan fingerprint density at radius 3 is 2.38 bits per heavy atom. The van der Waals surface area contributed by atoms with E-state index in [-0.39, 0.29) is 23.7 Å². The summed E-state index contributed by atoms with van der Waals surface area (Å²) < 4.78 is 13.3. The first kappa shape index (κ1) is 18.1. The number of carbonyl (C=O) groups excluding carboxylic acids is 1. The van der Waals surface area contributed by atoms with Gasteiger partial charge in [-0.05, 0) is 36.5 Å². The lowest BCUT2D eigenvalue weighted by atomic mass is 9.86. The lowest BCUT2D eigenvalue weighted by molar-refractivity contribution is -0.146. The summed E-state index contributed by atoms with van der Waals surface area (Å²) in [5.74, 6) is -1.01. The molecule has 1 aliphatic rings. The molecular weight excluding hydrogens is 337 g/mol. The van der Waals surface area contributed by atoms with Crippen LogP contribution in [-0.2, 0) is 21.5 Å². The van der Waals surface area contributed by atoms with E-state index in [1.165, 1.54) is 17.0 Å². The number of aromatic amines is 1. The molecule has 0 bridgehead atoms. The lowest BCUT2D eigenvalue weighted by Gasteiger charge is -2.28. The van der Waals surface area contributed by atoms with Gasteiger partial charge in [0, 0.05) is 0 Å². The molecule has 7 heteroatoms. The van der Waals surface area contributed by atoms with Gasteiger partial charge in [-0.1, -0.05) is 26.0 Å². The molecule has 1 fully saturated rings. The summed E-state index contributed by atoms with van der Waals surface area (Å²) in [6.07, 6.45) is 2.18. The highest BCUT2D eigenvalue weighted by molar-refractivity contribution is 5.94. The maximum Gasteiger partial charge on any atom is 0.323 e. The predicted octanol–water partition coefficient (Wildman–Crippen LogP) is 2.64. The van der Waals surface area contributed by atoms with Crippen molar-refractivity contribution in [3.05, 3.63) is 53.4 Å². The van der Waals surface area contributed by atoms with Crippen LogP contribution in [0, 0.1) is 18.2 Å². The lowest BCUT2D eigenvalue weighted by Crippen LogP contribution is -2.43. The van der Waals surface area contributed by atoms with Crippen LogP contribution < -0.4 is 0 Å². The van der Waals surface area contributed by atoms with Gasteiger partial charge in [0.1, 0.15) is 18.2 Å². The van der Waals surface area contributed by atoms with Gasteiger partial charge in [0.25, 0.3) is 0 Å². The number of aromatic nitrogens is 2. The van der Waals surface area contributed by atoms with E-state index in [0.29, 0.717) is 23.5 Å². The van der Waals surface area contributed by atoms with E-state index < -0.39 is 17.9 Å². The van der Waals surface area contributed by atoms with Gasteiger partial charge >= 0.3 is 5.97 Å². The monoisotopic (exact) mass is 359 g/mol. The van der Waals surface area contributed by atoms with Crippen LogP contribution in [0.1, 0.15) is 37.4 Å². The number of halogens is 1. The minimum atomic E-state index is -1.08. The molecule has 0 aliphatic heterocycles. The van der Waals surface area contributed by atoms with Gasteiger partial charge in [0.2, 0.25) is 5.91 Å². The first-order chi connectivity index (χ1) is 12.2. The van der Waals surface area contributed by atoms with E-state index in [1.54, 1.807) is 25.3 Å². The zero-order valence-electron chi connectivity index (χ0n) is 15.0. The predicted molar refractivity (Wildman–Crippen MR) is 92.9 cm³/mol. The van der Waals surface area contributed by atoms with Gasteiger partial charge in [-0.15, -0.1) is 0 Å². The third kappa shape index (κ3) is 3.09. The van der Waals surface area contributed by atoms with Crippen molar-refractivity contribution < 1.29 is 19.1 Å². The molecule has 6 nitrogen and oxygen atoms in total. The number of imidazole rings is 1. The molecule has 1 unspecified atom stereocenters. The highest BCUT2D eigenvalue weighted by atomic mass is 19.1. The normalized spacial score (nSPS) is 20.6. The quantitative estimate of drug-likeness (QED) is 0.830. The molecule has 2 aromatic rings. The van der Waals surface area contributed by atoms with Crippen molar-refractivity contribution in [3.8, 4) is 0 Å². The Kier molecular flexibility index (Phi) is 4.34. The van der Waals surface area contributed by atoms with E-state index in [4.69, 9.17) is 0 Å². The minimum absolute atomic E-state index is 0.130. The molecule has 0 radical (unpaired) electrons. The number of benzene rings is 1. The molecule has 1 heterocycles. The molecule has 1 saturated carbocycles. The average molecular weight is 359 g/mol. The van der Waals surface area contributed by atoms with Crippen LogP contribution >= 0.6 is 0 Å². The van der Waals surface area contributed by atoms with E-state index in [0.717, 1.165) is 0 Å². The molecule has 0 spiro atoms. The second-order valence-corrected chi connectivity index (χ2v) is 7.52. The first-order valence-corrected chi connectivity index (χ1v) is 8.43. The van der Waals surface area contributed by atoms with Crippen molar-refractivity contribution in [2.24, 2.45) is 5.41 Å². The van der Waals surface area contributed by atoms with Crippen LogP contribution in [0.25, 0.3) is 0 Å². The Morgan fingerprint density at radius 2 is 1.92 bits per heavy atom. The number of carbonyl (C=O) groups is 2. The average Bonchev–Trinajstić information content (AvgIpc) is 2.91. The molecule has 26 heavy (non-hydrogen) atoms. The summed E-state index contributed by atoms with van der Waals surface area (Å²) in [6.45, 7) is 5.44. The van der Waals surface area contributed by atoms with Crippen LogP contribution in [0.4, 0.5) is 4.39 Å². The van der Waals surface area contributed by atoms with Crippen molar-refractivity contribution in [2.45, 2.75) is 39.2 Å². The maximum atomic E-state index is 13.4. The number of hydrogen-bond donors (Lipinski definition) is 2. The van der Waals surface area contributed by atoms with Crippen molar-refractivity contribution in [3.63, 3.8) is 0 Å². The second kappa shape index (κ2) is 6.23. The van der Waals surface area contributed by atoms with Crippen LogP contribution in [0.15, 0.2) is 30.5 Å². The fourth-order valence-electron chi connectivity index (χ4n) is 3.72. The number of H-pyrrole nitrogens is 1. The van der Waals surface area contributed by atoms with E-state index in [9.17, 15) is 19.1 Å². The van der Waals surface area contributed by atoms with Crippen LogP contribution in [0.2, 0.25) is 0 Å². The van der Waals surface area contributed by atoms with Crippen molar-refractivity contribution in [1.82, 2.24) is 14.9 Å². The number of nitrogens with one attached hydrogen (secondary N) is 1. The number of nitrogens with zero attached hydrogens (tertiary/aromatic N) is 2. The zero-order valence-corrected chi connectivity index (χ0v) is 15.0. The first-order valence-electron chi connectivity index (χ1n) is 8.43. The summed E-state index contributed by atoms with van der Waals surface area (Å²) in [7, 11) is 0. The Morgan fingerprint density at radius 1 is 1.31 bits per heavy atom. The third-order valence-corrected chi connectivity index (χ3v) is 5.17. The molecule has 0 saturated heterocycles. The summed E-state index contributed by atoms with van der Waals surface area (Å²) in [4.78, 5) is 33.2. The van der Waals surface area contributed by atoms with Crippen LogP contribution in [-0.4, -0.2) is 38.4 Å². The van der Waals surface area contributed by atoms with Crippen molar-refractivity contribution >= 4 is 11.9 Å². The van der Waals surface area contributed by atoms with E-state index in [2.05, 4.69) is 9.97 Å². The number of aliphatic carboxylic acids is 1. The van der Waals surface area contributed by atoms with E-state index >= 15 is 0 Å². The molecular formula is C19H22FN3O3. The molecule has 1 atom stereocenters. The van der Waals surface area contributed by atoms with Gasteiger partial charge in [0.05, 0.1) is 23.9 Å². The summed E-state index contributed by atoms with van der Waals surface area (Å²) in [6, 6.07) is 5.89. The number of amides is 1. The Balaban J connectivity index is 1.95. The maximum absolute atomic E-state index is 13.4. The Labute approximate surface area is 151 Å². The van der Waals surface area contributed by atoms with Gasteiger partial charge in [-0.25, -0.2) is 9.37 Å². The number of carboxylic acid groups (broad SMARTS) is 1. The highest BCUT2D eigenvalue weighted by Crippen LogP contribution is 2.65. The standard InChI is InChI=1S/C19H22FN3O3/c1-12-21-8-15(22-12)9-23(10-16(24)25)17(26)19(11-18(19,2)3)13-4-6-14(20)7-5-13/h4-8H,9-11H2,1-3H3,(H,21,22)(H,24,25). The van der Waals surface area contributed by atoms with Crippen molar-refractivity contribution in [1.29, 1.82) is 0 Å². The Bertz CT molecular complexity index is 844. The topological polar surface area (TPSA) is 86.3 Å². The molecule has 1 aromatic carbocycles. The van der Waals surface area contributed by atoms with Crippen LogP contribution in [0.3, 0.4) is 0 Å². The second-order valence-electron chi connectivity index (χ2n) is 7.52. The molecule has 138 valence electrons. The largest absolute Gasteiger partial charge is 0.480 e. The number of carboxylic acids is 1. The SMILES string of the molecule is Cc1ncc(CN(CC(=O)O)C(=O)C2(c3ccc(F)cc3)CC2(C)C)[nH]1. The summed E-state index contributed by atoms with van der Waals surface area (Å²) >= 11 is 0. The molecule has 1 aliphatic carbocycles. The molecule has 2 N–H and O–H groups in total. The summed E-state index contributed by atoms with van der Waals surface area (Å²) in [5.41, 5.74) is 0.211. The van der Waals surface area contributed by atoms with E-state index in [1.807, 2.05) is 13.8 Å². The zero-order chi connectivity index (χ0) is 19.1. The van der Waals surface area contributed by atoms with Crippen LogP contribution in [0.5, 0.6) is 0 Å². The summed E-state index contributed by atoms with van der Waals surface area (Å²) in [5, 5.41) is 9.27. The number of hydrogen-bond acceptors (Lipinski definition) is 3. The third-order valence-electron chi connectivity index (χ3n) is 5.17. The number of aryl methyl sites for hydroxylation is 1.